The summed E-state index contributed by atoms with van der Waals surface area (Å²) >= 11 is 0. The maximum atomic E-state index is 13.5. The van der Waals surface area contributed by atoms with Crippen LogP contribution in [-0.4, -0.2) is 11.9 Å². The molecule has 0 aliphatic heterocycles. The van der Waals surface area contributed by atoms with Crippen LogP contribution in [-0.2, 0) is 0 Å². The molecule has 0 heterocycles. The number of amides is 1. The van der Waals surface area contributed by atoms with Gasteiger partial charge in [-0.1, -0.05) is 36.4 Å². The highest BCUT2D eigenvalue weighted by molar-refractivity contribution is 5.88. The molecule has 0 saturated heterocycles. The molecule has 1 unspecified atom stereocenters. The molecule has 4 aliphatic carbocycles. The van der Waals surface area contributed by atoms with Crippen LogP contribution in [0.2, 0.25) is 0 Å². The van der Waals surface area contributed by atoms with Crippen LogP contribution in [0.5, 0.6) is 0 Å². The molecule has 1 N–H and O–H groups in total. The van der Waals surface area contributed by atoms with E-state index >= 15 is 0 Å². The second-order valence-corrected chi connectivity index (χ2v) is 8.43. The third-order valence-electron chi connectivity index (χ3n) is 6.93. The minimum absolute atomic E-state index is 0.254. The lowest BCUT2D eigenvalue weighted by Gasteiger charge is -2.54. The second-order valence-electron chi connectivity index (χ2n) is 8.43. The third-order valence-corrected chi connectivity index (χ3v) is 6.93. The SMILES string of the molecule is O=C(c1ccccc1)[NH+](c1ccccc1)C1C2CC3CC(C2)CC1C3. The summed E-state index contributed by atoms with van der Waals surface area (Å²) in [5, 5.41) is 0. The molecule has 4 aliphatic rings. The first-order valence-corrected chi connectivity index (χ1v) is 9.81. The number of hydrogen-bond donors (Lipinski definition) is 1. The van der Waals surface area contributed by atoms with E-state index < -0.39 is 0 Å². The molecular formula is C23H26NO+. The van der Waals surface area contributed by atoms with Gasteiger partial charge in [-0.3, -0.25) is 0 Å². The van der Waals surface area contributed by atoms with Gasteiger partial charge in [0.25, 0.3) is 0 Å². The van der Waals surface area contributed by atoms with Crippen molar-refractivity contribution in [1.29, 1.82) is 0 Å². The molecule has 6 rings (SSSR count). The van der Waals surface area contributed by atoms with Gasteiger partial charge in [-0.2, -0.15) is 0 Å². The molecule has 2 aromatic carbocycles. The summed E-state index contributed by atoms with van der Waals surface area (Å²) in [7, 11) is 0. The van der Waals surface area contributed by atoms with Crippen molar-refractivity contribution in [2.45, 2.75) is 38.1 Å². The van der Waals surface area contributed by atoms with Crippen molar-refractivity contribution in [3.63, 3.8) is 0 Å². The average molecular weight is 332 g/mol. The van der Waals surface area contributed by atoms with Crippen molar-refractivity contribution in [1.82, 2.24) is 0 Å². The fourth-order valence-electron chi connectivity index (χ4n) is 6.23. The molecule has 1 atom stereocenters. The molecule has 0 aromatic heterocycles. The van der Waals surface area contributed by atoms with Crippen LogP contribution >= 0.6 is 0 Å². The minimum atomic E-state index is 0.254. The van der Waals surface area contributed by atoms with Gasteiger partial charge >= 0.3 is 5.91 Å². The summed E-state index contributed by atoms with van der Waals surface area (Å²) in [6.45, 7) is 0. The summed E-state index contributed by atoms with van der Waals surface area (Å²) in [6.07, 6.45) is 6.82. The third kappa shape index (κ3) is 2.64. The van der Waals surface area contributed by atoms with Crippen LogP contribution in [0.1, 0.15) is 42.5 Å². The van der Waals surface area contributed by atoms with Crippen LogP contribution in [0.15, 0.2) is 60.7 Å². The van der Waals surface area contributed by atoms with Gasteiger partial charge < -0.3 is 0 Å². The van der Waals surface area contributed by atoms with E-state index in [1.54, 1.807) is 0 Å². The molecule has 4 fully saturated rings. The van der Waals surface area contributed by atoms with Gasteiger partial charge in [0.1, 0.15) is 11.7 Å². The summed E-state index contributed by atoms with van der Waals surface area (Å²) in [4.78, 5) is 14.6. The molecule has 2 nitrogen and oxygen atoms in total. The summed E-state index contributed by atoms with van der Waals surface area (Å²) in [5.41, 5.74) is 1.99. The van der Waals surface area contributed by atoms with Crippen LogP contribution in [0.25, 0.3) is 0 Å². The van der Waals surface area contributed by atoms with Crippen molar-refractivity contribution in [2.75, 3.05) is 0 Å². The van der Waals surface area contributed by atoms with E-state index in [2.05, 4.69) is 24.3 Å². The Morgan fingerprint density at radius 2 is 1.24 bits per heavy atom. The van der Waals surface area contributed by atoms with Crippen LogP contribution < -0.4 is 4.90 Å². The number of carbonyl (C=O) groups is 1. The van der Waals surface area contributed by atoms with E-state index in [1.165, 1.54) is 32.1 Å². The van der Waals surface area contributed by atoms with Crippen molar-refractivity contribution in [3.8, 4) is 0 Å². The Hall–Kier alpha value is -1.93. The first-order valence-electron chi connectivity index (χ1n) is 9.81. The van der Waals surface area contributed by atoms with Crippen LogP contribution in [0, 0.1) is 23.7 Å². The summed E-state index contributed by atoms with van der Waals surface area (Å²) in [6, 6.07) is 20.8. The zero-order chi connectivity index (χ0) is 16.8. The Morgan fingerprint density at radius 3 is 1.80 bits per heavy atom. The van der Waals surface area contributed by atoms with E-state index in [0.29, 0.717) is 6.04 Å². The molecule has 0 radical (unpaired) electrons. The quantitative estimate of drug-likeness (QED) is 0.905. The van der Waals surface area contributed by atoms with Gasteiger partial charge in [0.05, 0.1) is 5.56 Å². The van der Waals surface area contributed by atoms with E-state index in [-0.39, 0.29) is 5.91 Å². The van der Waals surface area contributed by atoms with Gasteiger partial charge in [-0.15, -0.1) is 0 Å². The molecule has 0 spiro atoms. The highest BCUT2D eigenvalue weighted by Crippen LogP contribution is 2.53. The zero-order valence-corrected chi connectivity index (χ0v) is 14.6. The Bertz CT molecular complexity index is 726. The predicted octanol–water partition coefficient (Wildman–Crippen LogP) is 3.87. The summed E-state index contributed by atoms with van der Waals surface area (Å²) < 4.78 is 0. The maximum absolute atomic E-state index is 13.5. The van der Waals surface area contributed by atoms with Gasteiger partial charge in [0.2, 0.25) is 0 Å². The average Bonchev–Trinajstić information content (AvgIpc) is 2.65. The van der Waals surface area contributed by atoms with Crippen molar-refractivity contribution in [2.24, 2.45) is 23.7 Å². The zero-order valence-electron chi connectivity index (χ0n) is 14.6. The molecule has 25 heavy (non-hydrogen) atoms. The van der Waals surface area contributed by atoms with Crippen LogP contribution in [0.4, 0.5) is 5.69 Å². The fraction of sp³-hybridized carbons (Fsp3) is 0.435. The number of carbonyl (C=O) groups excluding carboxylic acids is 1. The smallest absolute Gasteiger partial charge is 0.232 e. The number of quaternary nitrogens is 1. The standard InChI is InChI=1S/C23H25NO/c25-23(18-7-3-1-4-8-18)24(21-9-5-2-6-10-21)22-19-12-16-11-17(14-19)15-20(22)13-16/h1-10,16-17,19-20,22H,11-15H2/p+1. The van der Waals surface area contributed by atoms with E-state index in [4.69, 9.17) is 0 Å². The van der Waals surface area contributed by atoms with E-state index in [0.717, 1.165) is 39.8 Å². The molecule has 128 valence electrons. The van der Waals surface area contributed by atoms with Crippen molar-refractivity contribution >= 4 is 11.6 Å². The van der Waals surface area contributed by atoms with Gasteiger partial charge in [-0.05, 0) is 68.2 Å². The monoisotopic (exact) mass is 332 g/mol. The Labute approximate surface area is 149 Å². The van der Waals surface area contributed by atoms with Gasteiger partial charge in [0, 0.05) is 11.8 Å². The lowest BCUT2D eigenvalue weighted by atomic mass is 9.53. The number of hydrogen-bond acceptors (Lipinski definition) is 1. The van der Waals surface area contributed by atoms with E-state index in [1.807, 2.05) is 36.4 Å². The molecule has 2 heteroatoms. The maximum Gasteiger partial charge on any atom is 0.349 e. The number of para-hydroxylation sites is 1. The van der Waals surface area contributed by atoms with Gasteiger partial charge in [-0.25, -0.2) is 9.69 Å². The van der Waals surface area contributed by atoms with Crippen molar-refractivity contribution in [3.05, 3.63) is 66.2 Å². The Morgan fingerprint density at radius 1 is 0.720 bits per heavy atom. The minimum Gasteiger partial charge on any atom is -0.232 e. The number of nitrogens with one attached hydrogen (secondary N) is 1. The second kappa shape index (κ2) is 6.10. The fourth-order valence-corrected chi connectivity index (χ4v) is 6.23. The normalized spacial score (nSPS) is 34.0. The number of benzene rings is 2. The van der Waals surface area contributed by atoms with E-state index in [9.17, 15) is 4.79 Å². The predicted molar refractivity (Wildman–Crippen MR) is 98.7 cm³/mol. The van der Waals surface area contributed by atoms with Crippen molar-refractivity contribution < 1.29 is 9.69 Å². The Balaban J connectivity index is 1.55. The molecule has 4 saturated carbocycles. The highest BCUT2D eigenvalue weighted by Gasteiger charge is 2.54. The lowest BCUT2D eigenvalue weighted by molar-refractivity contribution is -0.789. The molecule has 1 amide bonds. The Kier molecular flexibility index (Phi) is 3.74. The lowest BCUT2D eigenvalue weighted by Crippen LogP contribution is -3.16. The highest BCUT2D eigenvalue weighted by atomic mass is 16.2. The number of rotatable bonds is 3. The van der Waals surface area contributed by atoms with Gasteiger partial charge in [0.15, 0.2) is 0 Å². The van der Waals surface area contributed by atoms with Crippen LogP contribution in [0.3, 0.4) is 0 Å². The molecule has 4 bridgehead atoms. The topological polar surface area (TPSA) is 21.5 Å². The molecule has 2 aromatic rings. The molecular weight excluding hydrogens is 306 g/mol. The first-order chi connectivity index (χ1) is 12.3. The summed E-state index contributed by atoms with van der Waals surface area (Å²) in [5.74, 6) is 3.56. The largest absolute Gasteiger partial charge is 0.349 e. The first kappa shape index (κ1) is 15.3.